The van der Waals surface area contributed by atoms with Crippen molar-refractivity contribution in [2.24, 2.45) is 11.8 Å². The summed E-state index contributed by atoms with van der Waals surface area (Å²) in [4.78, 5) is 42.3. The molecule has 0 spiro atoms. The van der Waals surface area contributed by atoms with Crippen molar-refractivity contribution in [1.82, 2.24) is 4.90 Å². The molecule has 4 aliphatic rings. The summed E-state index contributed by atoms with van der Waals surface area (Å²) >= 11 is 15.3. The summed E-state index contributed by atoms with van der Waals surface area (Å²) in [7, 11) is 0. The molecule has 6 aromatic carbocycles. The second-order valence-electron chi connectivity index (χ2n) is 13.3. The van der Waals surface area contributed by atoms with E-state index in [0.717, 1.165) is 21.2 Å². The number of halogens is 2. The molecule has 6 aromatic rings. The Morgan fingerprint density at radius 1 is 0.647 bits per heavy atom. The van der Waals surface area contributed by atoms with Crippen LogP contribution >= 0.6 is 23.2 Å². The van der Waals surface area contributed by atoms with Gasteiger partial charge in [0.15, 0.2) is 0 Å². The Labute approximate surface area is 304 Å². The molecule has 0 saturated carbocycles. The van der Waals surface area contributed by atoms with E-state index in [1.807, 2.05) is 121 Å². The Bertz CT molecular complexity index is 2250. The van der Waals surface area contributed by atoms with Crippen LogP contribution in [-0.2, 0) is 30.6 Å². The first-order valence-electron chi connectivity index (χ1n) is 16.9. The number of likely N-dealkylation sites (tertiary alicyclic amines) is 1. The van der Waals surface area contributed by atoms with E-state index < -0.39 is 45.3 Å². The van der Waals surface area contributed by atoms with Gasteiger partial charge >= 0.3 is 0 Å². The van der Waals surface area contributed by atoms with E-state index in [1.165, 1.54) is 0 Å². The molecule has 10 rings (SSSR count). The average Bonchev–Trinajstić information content (AvgIpc) is 3.44. The number of anilines is 1. The van der Waals surface area contributed by atoms with Crippen LogP contribution in [-0.4, -0.2) is 28.7 Å². The number of amides is 3. The quantitative estimate of drug-likeness (QED) is 0.133. The van der Waals surface area contributed by atoms with E-state index in [9.17, 15) is 14.4 Å². The Kier molecular flexibility index (Phi) is 7.32. The minimum atomic E-state index is -1.34. The number of rotatable bonds is 7. The van der Waals surface area contributed by atoms with Crippen LogP contribution in [0.3, 0.4) is 0 Å². The number of hydrogen-bond acceptors (Lipinski definition) is 4. The lowest BCUT2D eigenvalue weighted by Crippen LogP contribution is -2.57. The highest BCUT2D eigenvalue weighted by Gasteiger charge is 2.73. The Balaban J connectivity index is 1.06. The van der Waals surface area contributed by atoms with Crippen molar-refractivity contribution in [1.29, 1.82) is 0 Å². The molecule has 0 aromatic heterocycles. The number of nitrogens with zero attached hydrogens (tertiary/aromatic N) is 1. The van der Waals surface area contributed by atoms with Gasteiger partial charge in [0.05, 0.1) is 11.8 Å². The van der Waals surface area contributed by atoms with Crippen LogP contribution in [0.25, 0.3) is 10.8 Å². The van der Waals surface area contributed by atoms with Crippen molar-refractivity contribution in [2.75, 3.05) is 5.32 Å². The SMILES string of the molecule is O=C(Nc1ccc(Oc2cccc3ccccc23)cc1)[C@H](Cc1ccccc1)N1C(=O)[C@@H]2[C@H](C1=O)C1(Cl)c3ccccc3C2(Cl)c2ccccc21. The molecule has 1 saturated heterocycles. The summed E-state index contributed by atoms with van der Waals surface area (Å²) in [6, 6.07) is 44.0. The maximum atomic E-state index is 14.8. The summed E-state index contributed by atoms with van der Waals surface area (Å²) in [5, 5.41) is 5.02. The minimum absolute atomic E-state index is 0.107. The number of nitrogens with one attached hydrogen (secondary N) is 1. The minimum Gasteiger partial charge on any atom is -0.457 e. The Hall–Kier alpha value is -5.43. The summed E-state index contributed by atoms with van der Waals surface area (Å²) in [6.45, 7) is 0. The lowest BCUT2D eigenvalue weighted by molar-refractivity contribution is -0.146. The molecule has 1 fully saturated rings. The average molecular weight is 710 g/mol. The lowest BCUT2D eigenvalue weighted by atomic mass is 9.54. The Morgan fingerprint density at radius 2 is 1.16 bits per heavy atom. The van der Waals surface area contributed by atoms with Crippen LogP contribution < -0.4 is 10.1 Å². The van der Waals surface area contributed by atoms with E-state index in [2.05, 4.69) is 5.32 Å². The van der Waals surface area contributed by atoms with Crippen molar-refractivity contribution in [3.8, 4) is 11.5 Å². The highest BCUT2D eigenvalue weighted by Crippen LogP contribution is 2.69. The number of carbonyl (C=O) groups excluding carboxylic acids is 3. The van der Waals surface area contributed by atoms with E-state index in [4.69, 9.17) is 27.9 Å². The summed E-state index contributed by atoms with van der Waals surface area (Å²) < 4.78 is 6.20. The predicted octanol–water partition coefficient (Wildman–Crippen LogP) is 8.78. The van der Waals surface area contributed by atoms with Crippen LogP contribution in [0.5, 0.6) is 11.5 Å². The van der Waals surface area contributed by atoms with Gasteiger partial charge in [-0.25, -0.2) is 0 Å². The molecule has 0 radical (unpaired) electrons. The fourth-order valence-corrected chi connectivity index (χ4v) is 9.48. The van der Waals surface area contributed by atoms with Crippen molar-refractivity contribution < 1.29 is 19.1 Å². The smallest absolute Gasteiger partial charge is 0.248 e. The number of hydrogen-bond donors (Lipinski definition) is 1. The first-order chi connectivity index (χ1) is 24.8. The van der Waals surface area contributed by atoms with Crippen molar-refractivity contribution in [3.63, 3.8) is 0 Å². The zero-order valence-electron chi connectivity index (χ0n) is 27.1. The number of fused-ring (bicyclic) bond motifs is 1. The summed E-state index contributed by atoms with van der Waals surface area (Å²) in [5.74, 6) is -2.23. The van der Waals surface area contributed by atoms with Crippen LogP contribution in [0.1, 0.15) is 27.8 Å². The van der Waals surface area contributed by atoms with Gasteiger partial charge in [0, 0.05) is 17.5 Å². The molecular formula is C43H30Cl2N2O4. The second-order valence-corrected chi connectivity index (χ2v) is 14.5. The molecule has 51 heavy (non-hydrogen) atoms. The normalized spacial score (nSPS) is 23.4. The van der Waals surface area contributed by atoms with Crippen molar-refractivity contribution >= 4 is 57.4 Å². The van der Waals surface area contributed by atoms with Crippen LogP contribution in [0, 0.1) is 11.8 Å². The standard InChI is InChI=1S/C43H30Cl2N2O4/c44-42-31-16-6-7-17-32(31)43(45,34-19-9-8-18-33(34)42)38-37(42)40(49)47(41(38)50)35(25-26-11-2-1-3-12-26)39(48)46-28-21-23-29(24-22-28)51-36-20-10-14-27-13-4-5-15-30(27)36/h1-24,35,37-38H,25H2,(H,46,48)/t35-,37-,38+,42?,43?/m0/s1. The Morgan fingerprint density at radius 3 is 1.75 bits per heavy atom. The zero-order chi connectivity index (χ0) is 34.9. The third-order valence-electron chi connectivity index (χ3n) is 10.6. The van der Waals surface area contributed by atoms with Gasteiger partial charge in [-0.3, -0.25) is 19.3 Å². The zero-order valence-corrected chi connectivity index (χ0v) is 28.6. The van der Waals surface area contributed by atoms with E-state index in [0.29, 0.717) is 39.4 Å². The van der Waals surface area contributed by atoms with Gasteiger partial charge in [0.25, 0.3) is 0 Å². The van der Waals surface area contributed by atoms with E-state index in [-0.39, 0.29) is 6.42 Å². The van der Waals surface area contributed by atoms with Gasteiger partial charge in [0.2, 0.25) is 17.7 Å². The summed E-state index contributed by atoms with van der Waals surface area (Å²) in [5.41, 5.74) is 4.11. The van der Waals surface area contributed by atoms with Crippen molar-refractivity contribution in [3.05, 3.63) is 173 Å². The number of carbonyl (C=O) groups is 3. The van der Waals surface area contributed by atoms with Gasteiger partial charge in [-0.2, -0.15) is 0 Å². The van der Waals surface area contributed by atoms with Crippen LogP contribution in [0.15, 0.2) is 146 Å². The maximum Gasteiger partial charge on any atom is 0.248 e. The molecule has 8 heteroatoms. The van der Waals surface area contributed by atoms with Gasteiger partial charge in [-0.05, 0) is 63.5 Å². The highest BCUT2D eigenvalue weighted by molar-refractivity contribution is 6.36. The number of imide groups is 1. The predicted molar refractivity (Wildman–Crippen MR) is 198 cm³/mol. The van der Waals surface area contributed by atoms with Crippen LogP contribution in [0.4, 0.5) is 5.69 Å². The third-order valence-corrected chi connectivity index (χ3v) is 11.9. The largest absolute Gasteiger partial charge is 0.457 e. The number of alkyl halides is 2. The summed E-state index contributed by atoms with van der Waals surface area (Å²) in [6.07, 6.45) is 0.107. The topological polar surface area (TPSA) is 75.7 Å². The third kappa shape index (κ3) is 4.67. The molecule has 250 valence electrons. The van der Waals surface area contributed by atoms with Gasteiger partial charge < -0.3 is 10.1 Å². The fourth-order valence-electron chi connectivity index (χ4n) is 8.38. The van der Waals surface area contributed by atoms with E-state index >= 15 is 0 Å². The monoisotopic (exact) mass is 708 g/mol. The molecule has 1 aliphatic heterocycles. The van der Waals surface area contributed by atoms with Crippen LogP contribution in [0.2, 0.25) is 0 Å². The van der Waals surface area contributed by atoms with Gasteiger partial charge in [0.1, 0.15) is 27.3 Å². The first kappa shape index (κ1) is 31.5. The maximum absolute atomic E-state index is 14.8. The molecule has 6 nitrogen and oxygen atoms in total. The molecule has 3 aliphatic carbocycles. The first-order valence-corrected chi connectivity index (χ1v) is 17.6. The molecule has 3 atom stereocenters. The molecule has 0 unspecified atom stereocenters. The van der Waals surface area contributed by atoms with Crippen molar-refractivity contribution in [2.45, 2.75) is 22.2 Å². The molecule has 1 heterocycles. The van der Waals surface area contributed by atoms with E-state index in [1.54, 1.807) is 24.3 Å². The lowest BCUT2D eigenvalue weighted by Gasteiger charge is -2.54. The van der Waals surface area contributed by atoms with Gasteiger partial charge in [-0.1, -0.05) is 115 Å². The molecule has 1 N–H and O–H groups in total. The molecular weight excluding hydrogens is 679 g/mol. The fraction of sp³-hybridized carbons (Fsp3) is 0.140. The molecule has 3 amide bonds. The molecule has 2 bridgehead atoms. The number of ether oxygens (including phenoxy) is 1. The van der Waals surface area contributed by atoms with Gasteiger partial charge in [-0.15, -0.1) is 23.2 Å². The number of benzene rings is 6. The highest BCUT2D eigenvalue weighted by atomic mass is 35.5. The second kappa shape index (κ2) is 11.8.